The van der Waals surface area contributed by atoms with Crippen molar-refractivity contribution in [1.82, 2.24) is 4.31 Å². The number of nitrogens with zero attached hydrogens (tertiary/aromatic N) is 1. The second-order valence-corrected chi connectivity index (χ2v) is 9.71. The van der Waals surface area contributed by atoms with Gasteiger partial charge in [0.25, 0.3) is 0 Å². The molecule has 1 aliphatic rings. The number of anilines is 1. The molecule has 3 rings (SSSR count). The van der Waals surface area contributed by atoms with Crippen LogP contribution in [0.4, 0.5) is 18.9 Å². The number of piperidine rings is 1. The maximum Gasteiger partial charge on any atom is 0.417 e. The summed E-state index contributed by atoms with van der Waals surface area (Å²) in [6.45, 7) is 0.0554. The first kappa shape index (κ1) is 25.1. The van der Waals surface area contributed by atoms with Crippen molar-refractivity contribution in [3.63, 3.8) is 0 Å². The van der Waals surface area contributed by atoms with Crippen molar-refractivity contribution in [2.75, 3.05) is 32.6 Å². The van der Waals surface area contributed by atoms with Crippen LogP contribution in [0.3, 0.4) is 0 Å². The molecule has 1 aliphatic heterocycles. The van der Waals surface area contributed by atoms with Crippen molar-refractivity contribution in [3.05, 3.63) is 47.0 Å². The molecule has 0 radical (unpaired) electrons. The number of alkyl halides is 3. The molecule has 0 aliphatic carbocycles. The van der Waals surface area contributed by atoms with E-state index < -0.39 is 38.6 Å². The van der Waals surface area contributed by atoms with Crippen LogP contribution in [-0.2, 0) is 21.0 Å². The Labute approximate surface area is 194 Å². The average Bonchev–Trinajstić information content (AvgIpc) is 2.79. The molecule has 2 aromatic rings. The molecule has 33 heavy (non-hydrogen) atoms. The van der Waals surface area contributed by atoms with Crippen LogP contribution in [0.15, 0.2) is 41.3 Å². The van der Waals surface area contributed by atoms with Crippen LogP contribution in [0.25, 0.3) is 0 Å². The molecule has 0 aromatic heterocycles. The van der Waals surface area contributed by atoms with E-state index in [0.717, 1.165) is 12.1 Å². The Balaban J connectivity index is 1.80. The van der Waals surface area contributed by atoms with Gasteiger partial charge in [-0.15, -0.1) is 0 Å². The number of carbonyl (C=O) groups is 1. The van der Waals surface area contributed by atoms with Gasteiger partial charge >= 0.3 is 6.18 Å². The minimum atomic E-state index is -4.68. The van der Waals surface area contributed by atoms with Crippen LogP contribution in [0.2, 0.25) is 5.02 Å². The standard InChI is InChI=1S/C21H22ClF3N2O5S/c1-31-15-6-8-18(32-2)19(11-15)33(29,30)27-9-3-4-13(12-27)20(28)26-14-5-7-17(22)16(10-14)21(23,24)25/h5-8,10-11,13H,3-4,9,12H2,1-2H3,(H,26,28)/t13-/m1/s1. The Morgan fingerprint density at radius 1 is 1.15 bits per heavy atom. The minimum Gasteiger partial charge on any atom is -0.497 e. The summed E-state index contributed by atoms with van der Waals surface area (Å²) in [7, 11) is -1.28. The fraction of sp³-hybridized carbons (Fsp3) is 0.381. The lowest BCUT2D eigenvalue weighted by atomic mass is 9.98. The van der Waals surface area contributed by atoms with E-state index in [1.165, 1.54) is 36.7 Å². The van der Waals surface area contributed by atoms with E-state index in [4.69, 9.17) is 21.1 Å². The molecule has 12 heteroatoms. The van der Waals surface area contributed by atoms with Crippen molar-refractivity contribution in [2.45, 2.75) is 23.9 Å². The molecule has 1 atom stereocenters. The number of methoxy groups -OCH3 is 2. The summed E-state index contributed by atoms with van der Waals surface area (Å²) in [6, 6.07) is 7.42. The molecule has 0 saturated carbocycles. The Kier molecular flexibility index (Phi) is 7.45. The van der Waals surface area contributed by atoms with Gasteiger partial charge < -0.3 is 14.8 Å². The molecule has 1 heterocycles. The molecule has 2 aromatic carbocycles. The smallest absolute Gasteiger partial charge is 0.417 e. The Hall–Kier alpha value is -2.50. The number of carbonyl (C=O) groups excluding carboxylic acids is 1. The zero-order chi connectivity index (χ0) is 24.4. The first-order chi connectivity index (χ1) is 15.5. The number of ether oxygens (including phenoxy) is 2. The second kappa shape index (κ2) is 9.78. The summed E-state index contributed by atoms with van der Waals surface area (Å²) in [5.41, 5.74) is -1.15. The number of halogens is 4. The summed E-state index contributed by atoms with van der Waals surface area (Å²) >= 11 is 5.61. The first-order valence-corrected chi connectivity index (χ1v) is 11.7. The maximum absolute atomic E-state index is 13.3. The fourth-order valence-corrected chi connectivity index (χ4v) is 5.48. The Morgan fingerprint density at radius 2 is 1.88 bits per heavy atom. The lowest BCUT2D eigenvalue weighted by molar-refractivity contribution is -0.137. The maximum atomic E-state index is 13.3. The van der Waals surface area contributed by atoms with E-state index in [1.54, 1.807) is 6.07 Å². The van der Waals surface area contributed by atoms with Crippen LogP contribution in [0.5, 0.6) is 11.5 Å². The highest BCUT2D eigenvalue weighted by Gasteiger charge is 2.36. The van der Waals surface area contributed by atoms with E-state index in [0.29, 0.717) is 18.6 Å². The number of sulfonamides is 1. The number of benzene rings is 2. The van der Waals surface area contributed by atoms with Crippen molar-refractivity contribution >= 4 is 33.2 Å². The van der Waals surface area contributed by atoms with Gasteiger partial charge in [-0.05, 0) is 43.2 Å². The first-order valence-electron chi connectivity index (χ1n) is 9.87. The van der Waals surface area contributed by atoms with Crippen LogP contribution < -0.4 is 14.8 Å². The summed E-state index contributed by atoms with van der Waals surface area (Å²) in [5, 5.41) is 1.96. The van der Waals surface area contributed by atoms with Gasteiger partial charge in [0.15, 0.2) is 0 Å². The van der Waals surface area contributed by atoms with E-state index in [1.807, 2.05) is 0 Å². The van der Waals surface area contributed by atoms with E-state index in [2.05, 4.69) is 5.32 Å². The van der Waals surface area contributed by atoms with E-state index in [9.17, 15) is 26.4 Å². The van der Waals surface area contributed by atoms with Crippen molar-refractivity contribution < 1.29 is 35.9 Å². The molecule has 1 N–H and O–H groups in total. The van der Waals surface area contributed by atoms with Crippen LogP contribution in [0, 0.1) is 5.92 Å². The average molecular weight is 507 g/mol. The van der Waals surface area contributed by atoms with Crippen LogP contribution in [0.1, 0.15) is 18.4 Å². The molecule has 0 unspecified atom stereocenters. The van der Waals surface area contributed by atoms with Gasteiger partial charge in [-0.2, -0.15) is 17.5 Å². The fourth-order valence-electron chi connectivity index (χ4n) is 3.56. The molecule has 180 valence electrons. The lowest BCUT2D eigenvalue weighted by Gasteiger charge is -2.31. The SMILES string of the molecule is COc1ccc(OC)c(S(=O)(=O)N2CCC[C@@H](C(=O)Nc3ccc(Cl)c(C(F)(F)F)c3)C2)c1. The summed E-state index contributed by atoms with van der Waals surface area (Å²) in [4.78, 5) is 12.7. The molecular formula is C21H22ClF3N2O5S. The topological polar surface area (TPSA) is 84.9 Å². The molecular weight excluding hydrogens is 485 g/mol. The molecule has 1 amide bonds. The molecule has 0 bridgehead atoms. The third kappa shape index (κ3) is 5.53. The zero-order valence-electron chi connectivity index (χ0n) is 17.8. The lowest BCUT2D eigenvalue weighted by Crippen LogP contribution is -2.43. The number of rotatable bonds is 6. The van der Waals surface area contributed by atoms with Crippen LogP contribution >= 0.6 is 11.6 Å². The van der Waals surface area contributed by atoms with Gasteiger partial charge in [-0.3, -0.25) is 4.79 Å². The largest absolute Gasteiger partial charge is 0.497 e. The predicted molar refractivity (Wildman–Crippen MR) is 116 cm³/mol. The predicted octanol–water partition coefficient (Wildman–Crippen LogP) is 4.42. The van der Waals surface area contributed by atoms with Gasteiger partial charge in [0.1, 0.15) is 16.4 Å². The number of amides is 1. The number of nitrogens with one attached hydrogen (secondary N) is 1. The monoisotopic (exact) mass is 506 g/mol. The summed E-state index contributed by atoms with van der Waals surface area (Å²) in [5.74, 6) is -0.884. The highest BCUT2D eigenvalue weighted by molar-refractivity contribution is 7.89. The quantitative estimate of drug-likeness (QED) is 0.627. The number of hydrogen-bond acceptors (Lipinski definition) is 5. The van der Waals surface area contributed by atoms with E-state index >= 15 is 0 Å². The van der Waals surface area contributed by atoms with Gasteiger partial charge in [0.2, 0.25) is 15.9 Å². The highest BCUT2D eigenvalue weighted by Crippen LogP contribution is 2.37. The van der Waals surface area contributed by atoms with Crippen molar-refractivity contribution in [3.8, 4) is 11.5 Å². The second-order valence-electron chi connectivity index (χ2n) is 7.40. The normalized spacial score (nSPS) is 17.5. The van der Waals surface area contributed by atoms with Crippen LogP contribution in [-0.4, -0.2) is 45.9 Å². The summed E-state index contributed by atoms with van der Waals surface area (Å²) < 4.78 is 77.3. The molecule has 1 fully saturated rings. The molecule has 0 spiro atoms. The molecule has 1 saturated heterocycles. The number of hydrogen-bond donors (Lipinski definition) is 1. The molecule has 7 nitrogen and oxygen atoms in total. The van der Waals surface area contributed by atoms with Crippen molar-refractivity contribution in [2.24, 2.45) is 5.92 Å². The summed E-state index contributed by atoms with van der Waals surface area (Å²) in [6.07, 6.45) is -3.89. The van der Waals surface area contributed by atoms with E-state index in [-0.39, 0.29) is 29.4 Å². The third-order valence-corrected chi connectivity index (χ3v) is 7.50. The van der Waals surface area contributed by atoms with Crippen molar-refractivity contribution in [1.29, 1.82) is 0 Å². The van der Waals surface area contributed by atoms with Gasteiger partial charge in [0, 0.05) is 24.8 Å². The zero-order valence-corrected chi connectivity index (χ0v) is 19.4. The third-order valence-electron chi connectivity index (χ3n) is 5.28. The minimum absolute atomic E-state index is 0.0776. The Bertz CT molecular complexity index is 1140. The van der Waals surface area contributed by atoms with Gasteiger partial charge in [-0.25, -0.2) is 8.42 Å². The highest BCUT2D eigenvalue weighted by atomic mass is 35.5. The van der Waals surface area contributed by atoms with Gasteiger partial charge in [-0.1, -0.05) is 11.6 Å². The Morgan fingerprint density at radius 3 is 2.52 bits per heavy atom. The van der Waals surface area contributed by atoms with Gasteiger partial charge in [0.05, 0.1) is 30.7 Å².